The fourth-order valence-electron chi connectivity index (χ4n) is 1.87. The van der Waals surface area contributed by atoms with E-state index < -0.39 is 5.97 Å². The van der Waals surface area contributed by atoms with E-state index in [1.807, 2.05) is 0 Å². The van der Waals surface area contributed by atoms with Crippen LogP contribution in [0.5, 0.6) is 0 Å². The molecule has 0 aliphatic heterocycles. The highest BCUT2D eigenvalue weighted by atomic mass is 16.5. The molecule has 0 atom stereocenters. The molecule has 7 nitrogen and oxygen atoms in total. The number of carboxylic acids is 1. The van der Waals surface area contributed by atoms with Gasteiger partial charge in [-0.1, -0.05) is 19.1 Å². The van der Waals surface area contributed by atoms with Gasteiger partial charge in [-0.25, -0.2) is 9.48 Å². The van der Waals surface area contributed by atoms with Gasteiger partial charge in [-0.2, -0.15) is 0 Å². The van der Waals surface area contributed by atoms with E-state index in [1.54, 1.807) is 29.2 Å². The molecular formula is C14H18N4O3. The fraction of sp³-hybridized carbons (Fsp3) is 0.429. The zero-order valence-corrected chi connectivity index (χ0v) is 12.1. The molecule has 0 radical (unpaired) electrons. The molecule has 0 aliphatic carbocycles. The van der Waals surface area contributed by atoms with Crippen molar-refractivity contribution in [2.24, 2.45) is 5.92 Å². The minimum Gasteiger partial charge on any atom is -0.476 e. The van der Waals surface area contributed by atoms with Crippen LogP contribution < -0.4 is 0 Å². The van der Waals surface area contributed by atoms with Gasteiger partial charge in [0.1, 0.15) is 5.69 Å². The Morgan fingerprint density at radius 2 is 2.29 bits per heavy atom. The summed E-state index contributed by atoms with van der Waals surface area (Å²) in [6.45, 7) is 5.69. The van der Waals surface area contributed by atoms with Crippen molar-refractivity contribution in [2.75, 3.05) is 13.2 Å². The molecule has 0 unspecified atom stereocenters. The molecule has 21 heavy (non-hydrogen) atoms. The molecule has 0 aromatic carbocycles. The van der Waals surface area contributed by atoms with Crippen LogP contribution in [0, 0.1) is 5.92 Å². The van der Waals surface area contributed by atoms with Crippen molar-refractivity contribution in [3.63, 3.8) is 0 Å². The Morgan fingerprint density at radius 1 is 1.48 bits per heavy atom. The molecule has 0 amide bonds. The van der Waals surface area contributed by atoms with Crippen LogP contribution in [0.15, 0.2) is 24.5 Å². The van der Waals surface area contributed by atoms with Crippen LogP contribution in [0.25, 0.3) is 11.3 Å². The molecule has 2 aromatic heterocycles. The highest BCUT2D eigenvalue weighted by Crippen LogP contribution is 2.21. The molecule has 7 heteroatoms. The molecular weight excluding hydrogens is 272 g/mol. The standard InChI is InChI=1S/C14H18N4O3/c1-10(2)9-21-7-6-18-13(11-4-3-5-15-8-11)12(14(19)20)16-17-18/h3-5,8,10H,6-7,9H2,1-2H3,(H,19,20). The maximum Gasteiger partial charge on any atom is 0.358 e. The highest BCUT2D eigenvalue weighted by Gasteiger charge is 2.20. The van der Waals surface area contributed by atoms with Gasteiger partial charge in [0, 0.05) is 24.6 Å². The van der Waals surface area contributed by atoms with Gasteiger partial charge >= 0.3 is 5.97 Å². The van der Waals surface area contributed by atoms with Gasteiger partial charge in [-0.15, -0.1) is 5.10 Å². The lowest BCUT2D eigenvalue weighted by atomic mass is 10.1. The fourth-order valence-corrected chi connectivity index (χ4v) is 1.87. The van der Waals surface area contributed by atoms with Crippen molar-refractivity contribution < 1.29 is 14.6 Å². The van der Waals surface area contributed by atoms with Crippen LogP contribution in [0.3, 0.4) is 0 Å². The second-order valence-electron chi connectivity index (χ2n) is 5.03. The molecule has 1 N–H and O–H groups in total. The summed E-state index contributed by atoms with van der Waals surface area (Å²) < 4.78 is 7.05. The van der Waals surface area contributed by atoms with Crippen LogP contribution in [-0.2, 0) is 11.3 Å². The number of carboxylic acid groups (broad SMARTS) is 1. The third kappa shape index (κ3) is 3.85. The topological polar surface area (TPSA) is 90.1 Å². The van der Waals surface area contributed by atoms with Crippen LogP contribution in [0.2, 0.25) is 0 Å². The number of pyridine rings is 1. The van der Waals surface area contributed by atoms with E-state index in [2.05, 4.69) is 29.1 Å². The lowest BCUT2D eigenvalue weighted by Gasteiger charge is -2.09. The monoisotopic (exact) mass is 290 g/mol. The minimum atomic E-state index is -1.11. The van der Waals surface area contributed by atoms with Crippen LogP contribution >= 0.6 is 0 Å². The van der Waals surface area contributed by atoms with Gasteiger partial charge in [0.15, 0.2) is 5.69 Å². The third-order valence-corrected chi connectivity index (χ3v) is 2.77. The summed E-state index contributed by atoms with van der Waals surface area (Å²) in [5.74, 6) is -0.656. The van der Waals surface area contributed by atoms with Crippen molar-refractivity contribution in [2.45, 2.75) is 20.4 Å². The molecule has 2 aromatic rings. The number of rotatable bonds is 7. The Balaban J connectivity index is 2.20. The number of nitrogens with zero attached hydrogens (tertiary/aromatic N) is 4. The number of hydrogen-bond acceptors (Lipinski definition) is 5. The molecule has 0 saturated carbocycles. The molecule has 0 fully saturated rings. The number of ether oxygens (including phenoxy) is 1. The lowest BCUT2D eigenvalue weighted by molar-refractivity contribution is 0.0691. The molecule has 112 valence electrons. The zero-order valence-electron chi connectivity index (χ0n) is 12.1. The molecule has 0 aliphatic rings. The second-order valence-corrected chi connectivity index (χ2v) is 5.03. The third-order valence-electron chi connectivity index (χ3n) is 2.77. The van der Waals surface area contributed by atoms with E-state index >= 15 is 0 Å². The SMILES string of the molecule is CC(C)COCCn1nnc(C(=O)O)c1-c1cccnc1. The normalized spacial score (nSPS) is 11.0. The van der Waals surface area contributed by atoms with Crippen LogP contribution in [-0.4, -0.2) is 44.3 Å². The zero-order chi connectivity index (χ0) is 15.2. The number of hydrogen-bond donors (Lipinski definition) is 1. The highest BCUT2D eigenvalue weighted by molar-refractivity contribution is 5.92. The van der Waals surface area contributed by atoms with Crippen molar-refractivity contribution >= 4 is 5.97 Å². The Labute approximate surface area is 122 Å². The maximum absolute atomic E-state index is 11.3. The first-order chi connectivity index (χ1) is 10.1. The van der Waals surface area contributed by atoms with Gasteiger partial charge in [0.05, 0.1) is 13.2 Å². The van der Waals surface area contributed by atoms with Crippen LogP contribution in [0.4, 0.5) is 0 Å². The Hall–Kier alpha value is -2.28. The van der Waals surface area contributed by atoms with E-state index in [0.717, 1.165) is 0 Å². The first-order valence-corrected chi connectivity index (χ1v) is 6.74. The van der Waals surface area contributed by atoms with Gasteiger partial charge in [-0.3, -0.25) is 4.98 Å². The molecule has 2 rings (SSSR count). The van der Waals surface area contributed by atoms with E-state index in [-0.39, 0.29) is 5.69 Å². The molecule has 0 spiro atoms. The maximum atomic E-state index is 11.3. The molecule has 0 saturated heterocycles. The van der Waals surface area contributed by atoms with E-state index in [4.69, 9.17) is 4.74 Å². The van der Waals surface area contributed by atoms with E-state index in [9.17, 15) is 9.90 Å². The number of aromatic nitrogens is 4. The summed E-state index contributed by atoms with van der Waals surface area (Å²) in [5.41, 5.74) is 1.04. The second kappa shape index (κ2) is 6.94. The predicted molar refractivity (Wildman–Crippen MR) is 75.9 cm³/mol. The van der Waals surface area contributed by atoms with Crippen LogP contribution in [0.1, 0.15) is 24.3 Å². The average Bonchev–Trinajstić information content (AvgIpc) is 2.88. The molecule has 2 heterocycles. The number of aromatic carboxylic acids is 1. The van der Waals surface area contributed by atoms with Gasteiger partial charge in [-0.05, 0) is 18.1 Å². The summed E-state index contributed by atoms with van der Waals surface area (Å²) >= 11 is 0. The van der Waals surface area contributed by atoms with Gasteiger partial charge in [0.2, 0.25) is 0 Å². The predicted octanol–water partition coefficient (Wildman–Crippen LogP) is 1.71. The Bertz CT molecular complexity index is 596. The molecule has 0 bridgehead atoms. The summed E-state index contributed by atoms with van der Waals surface area (Å²) in [7, 11) is 0. The van der Waals surface area contributed by atoms with Crippen molar-refractivity contribution in [3.8, 4) is 11.3 Å². The smallest absolute Gasteiger partial charge is 0.358 e. The number of carbonyl (C=O) groups is 1. The van der Waals surface area contributed by atoms with Crippen molar-refractivity contribution in [1.29, 1.82) is 0 Å². The lowest BCUT2D eigenvalue weighted by Crippen LogP contribution is -2.12. The first kappa shape index (κ1) is 15.1. The Morgan fingerprint density at radius 3 is 2.90 bits per heavy atom. The largest absolute Gasteiger partial charge is 0.476 e. The van der Waals surface area contributed by atoms with E-state index in [0.29, 0.717) is 36.9 Å². The van der Waals surface area contributed by atoms with Gasteiger partial charge in [0.25, 0.3) is 0 Å². The van der Waals surface area contributed by atoms with Gasteiger partial charge < -0.3 is 9.84 Å². The van der Waals surface area contributed by atoms with Crippen molar-refractivity contribution in [1.82, 2.24) is 20.0 Å². The minimum absolute atomic E-state index is 0.0770. The van der Waals surface area contributed by atoms with E-state index in [1.165, 1.54) is 0 Å². The first-order valence-electron chi connectivity index (χ1n) is 6.74. The van der Waals surface area contributed by atoms with Crippen molar-refractivity contribution in [3.05, 3.63) is 30.2 Å². The summed E-state index contributed by atoms with van der Waals surface area (Å²) in [5, 5.41) is 16.9. The summed E-state index contributed by atoms with van der Waals surface area (Å²) in [4.78, 5) is 15.3. The summed E-state index contributed by atoms with van der Waals surface area (Å²) in [6.07, 6.45) is 3.22. The quantitative estimate of drug-likeness (QED) is 0.781. The summed E-state index contributed by atoms with van der Waals surface area (Å²) in [6, 6.07) is 3.52. The average molecular weight is 290 g/mol. The Kier molecular flexibility index (Phi) is 4.99.